The predicted octanol–water partition coefficient (Wildman–Crippen LogP) is 2.41. The second-order valence-electron chi connectivity index (χ2n) is 6.55. The van der Waals surface area contributed by atoms with Crippen LogP contribution in [0.4, 0.5) is 0 Å². The zero-order chi connectivity index (χ0) is 19.3. The second-order valence-corrected chi connectivity index (χ2v) is 9.12. The van der Waals surface area contributed by atoms with Crippen LogP contribution in [-0.4, -0.2) is 48.8 Å². The van der Waals surface area contributed by atoms with Crippen LogP contribution in [0.2, 0.25) is 0 Å². The van der Waals surface area contributed by atoms with Crippen LogP contribution in [0.15, 0.2) is 53.7 Å². The number of carbonyl (C=O) groups excluding carboxylic acids is 2. The number of hydrogen-bond donors (Lipinski definition) is 1. The van der Waals surface area contributed by atoms with Gasteiger partial charge in [0.1, 0.15) is 5.03 Å². The Morgan fingerprint density at radius 1 is 1.26 bits per heavy atom. The van der Waals surface area contributed by atoms with Gasteiger partial charge in [0.25, 0.3) is 0 Å². The van der Waals surface area contributed by atoms with E-state index in [2.05, 4.69) is 4.98 Å². The second kappa shape index (κ2) is 6.22. The van der Waals surface area contributed by atoms with Gasteiger partial charge in [0, 0.05) is 19.0 Å². The summed E-state index contributed by atoms with van der Waals surface area (Å²) in [4.78, 5) is 42.3. The number of allylic oxidation sites excluding steroid dienone is 2. The number of ether oxygens (including phenoxy) is 1. The van der Waals surface area contributed by atoms with E-state index in [1.54, 1.807) is 49.6 Å². The molecule has 9 heteroatoms. The number of aliphatic carboxylic acids is 1. The van der Waals surface area contributed by atoms with Gasteiger partial charge >= 0.3 is 5.97 Å². The highest BCUT2D eigenvalue weighted by Crippen LogP contribution is 2.66. The van der Waals surface area contributed by atoms with Gasteiger partial charge in [0.15, 0.2) is 10.3 Å². The standard InChI is InChI=1S/C18H16N2O5S2/c1-16(15(23)24,27-26-12-6-2-5-11-19-12)17-9-3-4-10-18(17,25-17)20-13(21)7-8-14(20)22/h2-6,9-11H,7-8H2,1H3,(H,23,24). The number of likely N-dealkylation sites (tertiary alicyclic amines) is 1. The molecule has 3 aliphatic rings. The van der Waals surface area contributed by atoms with Gasteiger partial charge in [-0.1, -0.05) is 29.0 Å². The van der Waals surface area contributed by atoms with E-state index in [0.29, 0.717) is 5.03 Å². The third-order valence-corrected chi connectivity index (χ3v) is 8.07. The average molecular weight is 404 g/mol. The summed E-state index contributed by atoms with van der Waals surface area (Å²) >= 11 is 0. The van der Waals surface area contributed by atoms with E-state index in [0.717, 1.165) is 15.7 Å². The van der Waals surface area contributed by atoms with Crippen molar-refractivity contribution in [2.75, 3.05) is 0 Å². The maximum atomic E-state index is 12.3. The summed E-state index contributed by atoms with van der Waals surface area (Å²) in [6, 6.07) is 5.37. The number of fused-ring (bicyclic) bond motifs is 1. The third kappa shape index (κ3) is 2.49. The van der Waals surface area contributed by atoms with Crippen molar-refractivity contribution in [2.45, 2.75) is 40.9 Å². The molecule has 140 valence electrons. The summed E-state index contributed by atoms with van der Waals surface area (Å²) in [6.07, 6.45) is 8.43. The van der Waals surface area contributed by atoms with Gasteiger partial charge in [-0.05, 0) is 42.0 Å². The summed E-state index contributed by atoms with van der Waals surface area (Å²) < 4.78 is 4.50. The van der Waals surface area contributed by atoms with Crippen molar-refractivity contribution in [3.63, 3.8) is 0 Å². The van der Waals surface area contributed by atoms with Crippen molar-refractivity contribution in [2.24, 2.45) is 0 Å². The van der Waals surface area contributed by atoms with Crippen LogP contribution in [0.1, 0.15) is 19.8 Å². The van der Waals surface area contributed by atoms with E-state index in [4.69, 9.17) is 4.74 Å². The molecule has 1 aromatic rings. The lowest BCUT2D eigenvalue weighted by Crippen LogP contribution is -2.56. The highest BCUT2D eigenvalue weighted by molar-refractivity contribution is 8.77. The van der Waals surface area contributed by atoms with Gasteiger partial charge in [-0.15, -0.1) is 0 Å². The number of hydrogen-bond acceptors (Lipinski definition) is 7. The molecule has 0 saturated carbocycles. The van der Waals surface area contributed by atoms with E-state index in [9.17, 15) is 19.5 Å². The lowest BCUT2D eigenvalue weighted by atomic mass is 9.82. The minimum Gasteiger partial charge on any atom is -0.480 e. The fraction of sp³-hybridized carbons (Fsp3) is 0.333. The van der Waals surface area contributed by atoms with Crippen LogP contribution in [-0.2, 0) is 19.1 Å². The third-order valence-electron chi connectivity index (χ3n) is 5.00. The van der Waals surface area contributed by atoms with Gasteiger partial charge in [-0.25, -0.2) is 9.88 Å². The Kier molecular flexibility index (Phi) is 4.21. The molecule has 4 rings (SSSR count). The molecule has 3 atom stereocenters. The smallest absolute Gasteiger partial charge is 0.323 e. The number of pyridine rings is 1. The summed E-state index contributed by atoms with van der Waals surface area (Å²) in [5.41, 5.74) is -2.74. The number of rotatable bonds is 6. The van der Waals surface area contributed by atoms with Crippen molar-refractivity contribution >= 4 is 39.4 Å². The van der Waals surface area contributed by atoms with E-state index >= 15 is 0 Å². The number of nitrogens with zero attached hydrogens (tertiary/aromatic N) is 2. The predicted molar refractivity (Wildman–Crippen MR) is 99.6 cm³/mol. The Hall–Kier alpha value is -2.10. The van der Waals surface area contributed by atoms with Gasteiger partial charge in [0.2, 0.25) is 17.5 Å². The molecule has 3 heterocycles. The first kappa shape index (κ1) is 18.3. The van der Waals surface area contributed by atoms with Gasteiger partial charge in [-0.3, -0.25) is 14.4 Å². The van der Waals surface area contributed by atoms with E-state index in [1.165, 1.54) is 10.8 Å². The fourth-order valence-corrected chi connectivity index (χ4v) is 6.10. The zero-order valence-electron chi connectivity index (χ0n) is 14.3. The summed E-state index contributed by atoms with van der Waals surface area (Å²) in [5.74, 6) is -1.80. The summed E-state index contributed by atoms with van der Waals surface area (Å²) in [6.45, 7) is 1.55. The molecule has 1 N–H and O–H groups in total. The molecule has 2 fully saturated rings. The van der Waals surface area contributed by atoms with E-state index in [-0.39, 0.29) is 24.7 Å². The van der Waals surface area contributed by atoms with E-state index in [1.807, 2.05) is 6.07 Å². The maximum absolute atomic E-state index is 12.3. The number of amides is 2. The zero-order valence-corrected chi connectivity index (χ0v) is 16.0. The number of carbonyl (C=O) groups is 3. The van der Waals surface area contributed by atoms with Crippen LogP contribution < -0.4 is 0 Å². The molecule has 7 nitrogen and oxygen atoms in total. The molecular weight excluding hydrogens is 388 g/mol. The van der Waals surface area contributed by atoms with E-state index < -0.39 is 22.0 Å². The van der Waals surface area contributed by atoms with Crippen molar-refractivity contribution in [1.29, 1.82) is 0 Å². The van der Waals surface area contributed by atoms with Crippen molar-refractivity contribution in [3.8, 4) is 0 Å². The molecule has 2 aliphatic heterocycles. The Bertz CT molecular complexity index is 873. The topological polar surface area (TPSA) is 100 Å². The lowest BCUT2D eigenvalue weighted by Gasteiger charge is -2.33. The Morgan fingerprint density at radius 3 is 2.59 bits per heavy atom. The largest absolute Gasteiger partial charge is 0.480 e. The molecule has 0 radical (unpaired) electrons. The van der Waals surface area contributed by atoms with Crippen molar-refractivity contribution in [3.05, 3.63) is 48.7 Å². The first-order valence-electron chi connectivity index (χ1n) is 8.29. The SMILES string of the molecule is CC(SSc1ccccn1)(C(=O)O)C12C=CC=CC1(N1C(=O)CCC1=O)O2. The van der Waals surface area contributed by atoms with Crippen LogP contribution in [0.25, 0.3) is 0 Å². The Balaban J connectivity index is 1.70. The molecule has 3 unspecified atom stereocenters. The fourth-order valence-electron chi connectivity index (χ4n) is 3.52. The van der Waals surface area contributed by atoms with Crippen LogP contribution in [0.5, 0.6) is 0 Å². The molecular formula is C18H16N2O5S2. The molecule has 1 aromatic heterocycles. The monoisotopic (exact) mass is 404 g/mol. The molecule has 0 spiro atoms. The summed E-state index contributed by atoms with van der Waals surface area (Å²) in [5, 5.41) is 10.7. The number of carboxylic acids is 1. The Morgan fingerprint density at radius 2 is 1.96 bits per heavy atom. The first-order chi connectivity index (χ1) is 12.9. The van der Waals surface area contributed by atoms with Crippen molar-refractivity contribution in [1.82, 2.24) is 9.88 Å². The van der Waals surface area contributed by atoms with Crippen LogP contribution in [0, 0.1) is 0 Å². The average Bonchev–Trinajstić information content (AvgIpc) is 3.26. The van der Waals surface area contributed by atoms with Crippen molar-refractivity contribution < 1.29 is 24.2 Å². The van der Waals surface area contributed by atoms with Crippen LogP contribution in [0.3, 0.4) is 0 Å². The minimum absolute atomic E-state index is 0.108. The lowest BCUT2D eigenvalue weighted by molar-refractivity contribution is -0.145. The van der Waals surface area contributed by atoms with Gasteiger partial charge < -0.3 is 9.84 Å². The van der Waals surface area contributed by atoms with Crippen LogP contribution >= 0.6 is 21.6 Å². The minimum atomic E-state index is -1.47. The number of carboxylic acid groups (broad SMARTS) is 1. The highest BCUT2D eigenvalue weighted by Gasteiger charge is 2.83. The maximum Gasteiger partial charge on any atom is 0.323 e. The molecule has 2 amide bonds. The number of epoxide rings is 1. The molecule has 0 aromatic carbocycles. The molecule has 0 bridgehead atoms. The number of aromatic nitrogens is 1. The Labute approximate surface area is 163 Å². The molecule has 1 aliphatic carbocycles. The van der Waals surface area contributed by atoms with Gasteiger partial charge in [0.05, 0.1) is 0 Å². The highest BCUT2D eigenvalue weighted by atomic mass is 33.1. The van der Waals surface area contributed by atoms with Gasteiger partial charge in [-0.2, -0.15) is 0 Å². The molecule has 27 heavy (non-hydrogen) atoms. The quantitative estimate of drug-likeness (QED) is 0.438. The first-order valence-corrected chi connectivity index (χ1v) is 10.4. The molecule has 2 saturated heterocycles. The summed E-state index contributed by atoms with van der Waals surface area (Å²) in [7, 11) is 2.30. The normalized spacial score (nSPS) is 30.9. The number of imide groups is 1.